The summed E-state index contributed by atoms with van der Waals surface area (Å²) < 4.78 is 10.0. The minimum Gasteiger partial charge on any atom is -0.493 e. The highest BCUT2D eigenvalue weighted by Gasteiger charge is 1.97. The summed E-state index contributed by atoms with van der Waals surface area (Å²) in [5.41, 5.74) is 0. The number of hydrogen-bond acceptors (Lipinski definition) is 2. The predicted molar refractivity (Wildman–Crippen MR) is 45.3 cm³/mol. The maximum absolute atomic E-state index is 5.01. The maximum Gasteiger partial charge on any atom is 0.160 e. The van der Waals surface area contributed by atoms with Crippen LogP contribution < -0.4 is 9.47 Å². The van der Waals surface area contributed by atoms with Crippen molar-refractivity contribution in [2.75, 3.05) is 14.2 Å². The van der Waals surface area contributed by atoms with Crippen LogP contribution in [-0.2, 0) is 0 Å². The first-order valence-electron chi connectivity index (χ1n) is 3.05. The molecule has 0 atom stereocenters. The molecule has 0 aromatic heterocycles. The largest absolute Gasteiger partial charge is 0.493 e. The van der Waals surface area contributed by atoms with E-state index >= 15 is 0 Å². The maximum atomic E-state index is 5.01. The topological polar surface area (TPSA) is 18.5 Å². The molecule has 11 heavy (non-hydrogen) atoms. The lowest BCUT2D eigenvalue weighted by Crippen LogP contribution is -1.88. The molecule has 57 valence electrons. The van der Waals surface area contributed by atoms with Crippen LogP contribution in [0.5, 0.6) is 11.5 Å². The molecule has 2 nitrogen and oxygen atoms in total. The second-order valence-corrected chi connectivity index (χ2v) is 1.85. The van der Waals surface area contributed by atoms with E-state index < -0.39 is 0 Å². The van der Waals surface area contributed by atoms with Crippen LogP contribution in [0.2, 0.25) is 0 Å². The molecule has 0 amide bonds. The van der Waals surface area contributed by atoms with Crippen LogP contribution in [0.15, 0.2) is 24.3 Å². The zero-order valence-electron chi connectivity index (χ0n) is 6.70. The third-order valence-corrected chi connectivity index (χ3v) is 1.29. The van der Waals surface area contributed by atoms with Gasteiger partial charge in [-0.3, -0.25) is 0 Å². The van der Waals surface area contributed by atoms with Crippen LogP contribution in [0.4, 0.5) is 0 Å². The van der Waals surface area contributed by atoms with Crippen molar-refractivity contribution in [2.24, 2.45) is 0 Å². The average Bonchev–Trinajstić information content (AvgIpc) is 2.04. The number of benzene rings is 1. The molecule has 0 aliphatic rings. The van der Waals surface area contributed by atoms with Crippen LogP contribution in [0, 0.1) is 0 Å². The van der Waals surface area contributed by atoms with Gasteiger partial charge >= 0.3 is 0 Å². The third kappa shape index (κ3) is 2.18. The lowest BCUT2D eigenvalue weighted by Gasteiger charge is -2.04. The van der Waals surface area contributed by atoms with Gasteiger partial charge in [-0.05, 0) is 12.1 Å². The Bertz CT molecular complexity index is 190. The van der Waals surface area contributed by atoms with E-state index in [2.05, 4.69) is 0 Å². The summed E-state index contributed by atoms with van der Waals surface area (Å²) in [6, 6.07) is 7.53. The number of hydrogen-bond donors (Lipinski definition) is 0. The Labute approximate surface area is 68.7 Å². The molecule has 0 aliphatic carbocycles. The molecule has 1 rings (SSSR count). The Kier molecular flexibility index (Phi) is 4.19. The van der Waals surface area contributed by atoms with Gasteiger partial charge in [0, 0.05) is 8.41 Å². The molecule has 1 aromatic carbocycles. The molecule has 0 aliphatic heterocycles. The number of methoxy groups -OCH3 is 2. The summed E-state index contributed by atoms with van der Waals surface area (Å²) in [7, 11) is 3.25. The second kappa shape index (κ2) is 4.66. The minimum atomic E-state index is 0. The number of ether oxygens (including phenoxy) is 2. The van der Waals surface area contributed by atoms with E-state index in [1.807, 2.05) is 24.3 Å². The molecule has 1 aromatic rings. The van der Waals surface area contributed by atoms with Gasteiger partial charge in [-0.15, -0.1) is 0 Å². The summed E-state index contributed by atoms with van der Waals surface area (Å²) in [4.78, 5) is 0. The van der Waals surface area contributed by atoms with E-state index in [9.17, 15) is 0 Å². The van der Waals surface area contributed by atoms with Gasteiger partial charge in [0.2, 0.25) is 0 Å². The lowest BCUT2D eigenvalue weighted by atomic mass is 10.3. The molecule has 0 bridgehead atoms. The lowest BCUT2D eigenvalue weighted by molar-refractivity contribution is 0.355. The number of rotatable bonds is 2. The molecule has 0 unspecified atom stereocenters. The average molecular weight is 149 g/mol. The van der Waals surface area contributed by atoms with Gasteiger partial charge in [0.1, 0.15) is 0 Å². The highest BCUT2D eigenvalue weighted by atomic mass is 16.5. The van der Waals surface area contributed by atoms with E-state index in [4.69, 9.17) is 9.47 Å². The standard InChI is InChI=1S/C8H10O2.B/c1-9-7-5-3-4-6-8(7)10-2;/h3-6H,1-2H3;. The fraction of sp³-hybridized carbons (Fsp3) is 0.250. The SMILES string of the molecule is COc1ccccc1OC.[B]. The van der Waals surface area contributed by atoms with E-state index in [1.165, 1.54) is 0 Å². The first-order valence-corrected chi connectivity index (χ1v) is 3.05. The Morgan fingerprint density at radius 1 is 0.909 bits per heavy atom. The van der Waals surface area contributed by atoms with Gasteiger partial charge in [0.25, 0.3) is 0 Å². The number of para-hydroxylation sites is 2. The highest BCUT2D eigenvalue weighted by molar-refractivity contribution is 5.75. The van der Waals surface area contributed by atoms with Gasteiger partial charge in [-0.25, -0.2) is 0 Å². The van der Waals surface area contributed by atoms with Gasteiger partial charge in [-0.2, -0.15) is 0 Å². The smallest absolute Gasteiger partial charge is 0.160 e. The van der Waals surface area contributed by atoms with Crippen molar-refractivity contribution in [3.05, 3.63) is 24.3 Å². The highest BCUT2D eigenvalue weighted by Crippen LogP contribution is 2.24. The Morgan fingerprint density at radius 2 is 1.27 bits per heavy atom. The van der Waals surface area contributed by atoms with Gasteiger partial charge < -0.3 is 9.47 Å². The van der Waals surface area contributed by atoms with Crippen molar-refractivity contribution >= 4 is 8.41 Å². The zero-order chi connectivity index (χ0) is 7.40. The van der Waals surface area contributed by atoms with Crippen molar-refractivity contribution in [2.45, 2.75) is 0 Å². The van der Waals surface area contributed by atoms with Crippen LogP contribution in [0.25, 0.3) is 0 Å². The molecule has 0 heterocycles. The minimum absolute atomic E-state index is 0. The first kappa shape index (κ1) is 9.88. The zero-order valence-corrected chi connectivity index (χ0v) is 6.70. The third-order valence-electron chi connectivity index (χ3n) is 1.29. The Morgan fingerprint density at radius 3 is 1.55 bits per heavy atom. The molecule has 3 heteroatoms. The van der Waals surface area contributed by atoms with Crippen LogP contribution in [0.1, 0.15) is 0 Å². The molecule has 0 saturated carbocycles. The summed E-state index contributed by atoms with van der Waals surface area (Å²) >= 11 is 0. The first-order chi connectivity index (χ1) is 4.88. The Balaban J connectivity index is 0.000001000. The van der Waals surface area contributed by atoms with E-state index in [0.29, 0.717) is 0 Å². The normalized spacial score (nSPS) is 8.18. The van der Waals surface area contributed by atoms with Crippen LogP contribution in [-0.4, -0.2) is 22.6 Å². The molecule has 0 spiro atoms. The van der Waals surface area contributed by atoms with Crippen molar-refractivity contribution in [1.82, 2.24) is 0 Å². The van der Waals surface area contributed by atoms with E-state index in [0.717, 1.165) is 11.5 Å². The van der Waals surface area contributed by atoms with Crippen molar-refractivity contribution in [3.63, 3.8) is 0 Å². The molecular formula is C8H10BO2. The van der Waals surface area contributed by atoms with Crippen LogP contribution in [0.3, 0.4) is 0 Å². The van der Waals surface area contributed by atoms with Gasteiger partial charge in [-0.1, -0.05) is 12.1 Å². The fourth-order valence-corrected chi connectivity index (χ4v) is 0.787. The molecule has 0 saturated heterocycles. The molecule has 3 radical (unpaired) electrons. The predicted octanol–water partition coefficient (Wildman–Crippen LogP) is 1.32. The Hall–Kier alpha value is -1.12. The summed E-state index contributed by atoms with van der Waals surface area (Å²) in [6.45, 7) is 0. The van der Waals surface area contributed by atoms with Gasteiger partial charge in [0.15, 0.2) is 11.5 Å². The van der Waals surface area contributed by atoms with Crippen molar-refractivity contribution in [3.8, 4) is 11.5 Å². The fourth-order valence-electron chi connectivity index (χ4n) is 0.787. The summed E-state index contributed by atoms with van der Waals surface area (Å²) in [5, 5.41) is 0. The quantitative estimate of drug-likeness (QED) is 0.590. The van der Waals surface area contributed by atoms with E-state index in [-0.39, 0.29) is 8.41 Å². The molecular weight excluding hydrogens is 139 g/mol. The summed E-state index contributed by atoms with van der Waals surface area (Å²) in [5.74, 6) is 1.54. The van der Waals surface area contributed by atoms with Gasteiger partial charge in [0.05, 0.1) is 14.2 Å². The van der Waals surface area contributed by atoms with Crippen molar-refractivity contribution < 1.29 is 9.47 Å². The molecule has 0 N–H and O–H groups in total. The van der Waals surface area contributed by atoms with Crippen molar-refractivity contribution in [1.29, 1.82) is 0 Å². The second-order valence-electron chi connectivity index (χ2n) is 1.85. The van der Waals surface area contributed by atoms with E-state index in [1.54, 1.807) is 14.2 Å². The summed E-state index contributed by atoms with van der Waals surface area (Å²) in [6.07, 6.45) is 0. The van der Waals surface area contributed by atoms with Crippen LogP contribution >= 0.6 is 0 Å². The monoisotopic (exact) mass is 149 g/mol. The molecule has 0 fully saturated rings.